The quantitative estimate of drug-likeness (QED) is 0.756. The SMILES string of the molecule is CS(=O)(=O)NC1C(Cc2cccc(-c3ccccc3)c2)N(C(=O)C23CC2C3)CC12CC2. The molecule has 31 heavy (non-hydrogen) atoms. The zero-order valence-electron chi connectivity index (χ0n) is 17.8. The van der Waals surface area contributed by atoms with Crippen LogP contribution in [-0.2, 0) is 21.2 Å². The lowest BCUT2D eigenvalue weighted by molar-refractivity contribution is -0.135. The average molecular weight is 437 g/mol. The van der Waals surface area contributed by atoms with E-state index in [2.05, 4.69) is 46.0 Å². The molecule has 0 radical (unpaired) electrons. The summed E-state index contributed by atoms with van der Waals surface area (Å²) in [6.07, 6.45) is 5.92. The third kappa shape index (κ3) is 3.31. The van der Waals surface area contributed by atoms with Crippen LogP contribution in [0.5, 0.6) is 0 Å². The van der Waals surface area contributed by atoms with Crippen LogP contribution < -0.4 is 4.72 Å². The summed E-state index contributed by atoms with van der Waals surface area (Å²) in [6.45, 7) is 0.691. The number of benzene rings is 2. The largest absolute Gasteiger partial charge is 0.337 e. The van der Waals surface area contributed by atoms with Gasteiger partial charge in [0.05, 0.1) is 17.7 Å². The van der Waals surface area contributed by atoms with E-state index in [0.717, 1.165) is 42.4 Å². The number of nitrogens with zero attached hydrogens (tertiary/aromatic N) is 1. The van der Waals surface area contributed by atoms with Crippen molar-refractivity contribution in [2.24, 2.45) is 16.7 Å². The molecule has 0 aromatic heterocycles. The van der Waals surface area contributed by atoms with E-state index in [9.17, 15) is 13.2 Å². The van der Waals surface area contributed by atoms with Crippen molar-refractivity contribution in [1.82, 2.24) is 9.62 Å². The van der Waals surface area contributed by atoms with E-state index in [0.29, 0.717) is 18.9 Å². The summed E-state index contributed by atoms with van der Waals surface area (Å²) < 4.78 is 27.4. The number of fused-ring (bicyclic) bond motifs is 1. The summed E-state index contributed by atoms with van der Waals surface area (Å²) in [7, 11) is -3.36. The van der Waals surface area contributed by atoms with Crippen LogP contribution in [0, 0.1) is 16.7 Å². The van der Waals surface area contributed by atoms with Crippen molar-refractivity contribution in [2.75, 3.05) is 12.8 Å². The summed E-state index contributed by atoms with van der Waals surface area (Å²) in [6, 6.07) is 18.4. The Bertz CT molecular complexity index is 1150. The first-order valence-electron chi connectivity index (χ1n) is 11.2. The van der Waals surface area contributed by atoms with Gasteiger partial charge in [0, 0.05) is 18.0 Å². The topological polar surface area (TPSA) is 66.5 Å². The Morgan fingerprint density at radius 1 is 1.06 bits per heavy atom. The van der Waals surface area contributed by atoms with Gasteiger partial charge in [-0.05, 0) is 54.7 Å². The van der Waals surface area contributed by atoms with E-state index >= 15 is 0 Å². The molecule has 5 nitrogen and oxygen atoms in total. The van der Waals surface area contributed by atoms with Crippen LogP contribution in [-0.4, -0.2) is 44.1 Å². The zero-order valence-corrected chi connectivity index (χ0v) is 18.6. The molecule has 1 saturated heterocycles. The smallest absolute Gasteiger partial charge is 0.229 e. The molecule has 1 N–H and O–H groups in total. The zero-order chi connectivity index (χ0) is 21.4. The highest BCUT2D eigenvalue weighted by molar-refractivity contribution is 7.88. The van der Waals surface area contributed by atoms with Gasteiger partial charge < -0.3 is 4.90 Å². The van der Waals surface area contributed by atoms with E-state index in [4.69, 9.17) is 0 Å². The van der Waals surface area contributed by atoms with Crippen molar-refractivity contribution in [3.63, 3.8) is 0 Å². The maximum absolute atomic E-state index is 13.4. The van der Waals surface area contributed by atoms with Crippen LogP contribution in [0.25, 0.3) is 11.1 Å². The molecule has 0 bridgehead atoms. The van der Waals surface area contributed by atoms with Gasteiger partial charge in [-0.1, -0.05) is 54.6 Å². The minimum Gasteiger partial charge on any atom is -0.337 e. The number of rotatable bonds is 6. The van der Waals surface area contributed by atoms with Gasteiger partial charge in [0.1, 0.15) is 0 Å². The van der Waals surface area contributed by atoms with Gasteiger partial charge in [-0.3, -0.25) is 4.79 Å². The predicted octanol–water partition coefficient (Wildman–Crippen LogP) is 3.21. The third-order valence-electron chi connectivity index (χ3n) is 8.01. The molecule has 3 aliphatic carbocycles. The second-order valence-corrected chi connectivity index (χ2v) is 12.0. The number of nitrogens with one attached hydrogen (secondary N) is 1. The normalized spacial score (nSPS) is 32.0. The Labute approximate surface area is 183 Å². The van der Waals surface area contributed by atoms with E-state index in [1.165, 1.54) is 6.26 Å². The van der Waals surface area contributed by atoms with Crippen LogP contribution in [0.15, 0.2) is 54.6 Å². The summed E-state index contributed by atoms with van der Waals surface area (Å²) in [5, 5.41) is 0. The number of sulfonamides is 1. The lowest BCUT2D eigenvalue weighted by Crippen LogP contribution is -2.50. The first kappa shape index (κ1) is 19.5. The molecule has 6 heteroatoms. The molecule has 1 aliphatic heterocycles. The molecular formula is C25H28N2O3S. The van der Waals surface area contributed by atoms with E-state index in [1.54, 1.807) is 0 Å². The molecule has 162 valence electrons. The molecule has 1 amide bonds. The van der Waals surface area contributed by atoms with Crippen molar-refractivity contribution in [3.05, 3.63) is 60.2 Å². The second-order valence-electron chi connectivity index (χ2n) is 10.3. The Balaban J connectivity index is 1.33. The van der Waals surface area contributed by atoms with Gasteiger partial charge in [0.2, 0.25) is 15.9 Å². The minimum atomic E-state index is -3.36. The molecule has 2 unspecified atom stereocenters. The Kier molecular flexibility index (Phi) is 4.04. The highest BCUT2D eigenvalue weighted by Gasteiger charge is 2.77. The van der Waals surface area contributed by atoms with Gasteiger partial charge in [-0.2, -0.15) is 0 Å². The minimum absolute atomic E-state index is 0.0869. The number of hydrogen-bond acceptors (Lipinski definition) is 3. The summed E-state index contributed by atoms with van der Waals surface area (Å²) in [4.78, 5) is 15.5. The first-order chi connectivity index (χ1) is 14.8. The van der Waals surface area contributed by atoms with Crippen molar-refractivity contribution in [2.45, 2.75) is 44.2 Å². The fourth-order valence-electron chi connectivity index (χ4n) is 5.74. The number of carbonyl (C=O) groups excluding carboxylic acids is 1. The van der Waals surface area contributed by atoms with Gasteiger partial charge >= 0.3 is 0 Å². The van der Waals surface area contributed by atoms with Gasteiger partial charge in [-0.25, -0.2) is 13.1 Å². The second kappa shape index (κ2) is 6.42. The van der Waals surface area contributed by atoms with E-state index in [-0.39, 0.29) is 28.8 Å². The van der Waals surface area contributed by atoms with Gasteiger partial charge in [0.15, 0.2) is 0 Å². The lowest BCUT2D eigenvalue weighted by atomic mass is 9.91. The molecule has 2 aromatic rings. The third-order valence-corrected chi connectivity index (χ3v) is 8.69. The molecule has 1 heterocycles. The van der Waals surface area contributed by atoms with E-state index < -0.39 is 10.0 Å². The fraction of sp³-hybridized carbons (Fsp3) is 0.480. The lowest BCUT2D eigenvalue weighted by Gasteiger charge is -2.30. The van der Waals surface area contributed by atoms with Crippen molar-refractivity contribution < 1.29 is 13.2 Å². The van der Waals surface area contributed by atoms with Crippen LogP contribution in [0.2, 0.25) is 0 Å². The molecular weight excluding hydrogens is 408 g/mol. The highest BCUT2D eigenvalue weighted by Crippen LogP contribution is 2.76. The Hall–Kier alpha value is -2.18. The van der Waals surface area contributed by atoms with Crippen molar-refractivity contribution in [1.29, 1.82) is 0 Å². The highest BCUT2D eigenvalue weighted by atomic mass is 32.2. The Morgan fingerprint density at radius 2 is 1.74 bits per heavy atom. The van der Waals surface area contributed by atoms with Crippen LogP contribution in [0.4, 0.5) is 0 Å². The average Bonchev–Trinajstić information content (AvgIpc) is 3.63. The predicted molar refractivity (Wildman–Crippen MR) is 120 cm³/mol. The molecule has 4 fully saturated rings. The van der Waals surface area contributed by atoms with Crippen molar-refractivity contribution >= 4 is 15.9 Å². The van der Waals surface area contributed by atoms with Crippen LogP contribution >= 0.6 is 0 Å². The molecule has 1 spiro atoms. The van der Waals surface area contributed by atoms with Gasteiger partial charge in [-0.15, -0.1) is 0 Å². The number of hydrogen-bond donors (Lipinski definition) is 1. The van der Waals surface area contributed by atoms with Crippen LogP contribution in [0.1, 0.15) is 31.2 Å². The summed E-state index contributed by atoms with van der Waals surface area (Å²) >= 11 is 0. The molecule has 6 rings (SSSR count). The standard InChI is InChI=1S/C25H28N2O3S/c1-31(29,30)26-22-21(13-17-6-5-9-19(12-17)18-7-3-2-4-8-18)27(16-24(22)10-11-24)23(28)25-14-20(25)15-25/h2-9,12,20-22,26H,10-11,13-16H2,1H3. The van der Waals surface area contributed by atoms with Crippen molar-refractivity contribution in [3.8, 4) is 11.1 Å². The summed E-state index contributed by atoms with van der Waals surface area (Å²) in [5.41, 5.74) is 3.26. The number of likely N-dealkylation sites (tertiary alicyclic amines) is 1. The summed E-state index contributed by atoms with van der Waals surface area (Å²) in [5.74, 6) is 0.852. The van der Waals surface area contributed by atoms with E-state index in [1.807, 2.05) is 18.2 Å². The molecule has 2 aromatic carbocycles. The maximum Gasteiger partial charge on any atom is 0.229 e. The molecule has 2 atom stereocenters. The molecule has 4 aliphatic rings. The van der Waals surface area contributed by atoms with Crippen LogP contribution in [0.3, 0.4) is 0 Å². The molecule has 3 saturated carbocycles. The first-order valence-corrected chi connectivity index (χ1v) is 13.1. The fourth-order valence-corrected chi connectivity index (χ4v) is 6.61. The monoisotopic (exact) mass is 436 g/mol. The maximum atomic E-state index is 13.4. The number of amides is 1. The Morgan fingerprint density at radius 3 is 2.35 bits per heavy atom. The number of carbonyl (C=O) groups is 1. The van der Waals surface area contributed by atoms with Gasteiger partial charge in [0.25, 0.3) is 0 Å².